The lowest BCUT2D eigenvalue weighted by Crippen LogP contribution is -2.34. The number of halogens is 2. The third-order valence-electron chi connectivity index (χ3n) is 2.45. The number of alkyl halides is 2. The smallest absolute Gasteiger partial charge is 0.427 e. The number of rotatable bonds is 7. The Morgan fingerprint density at radius 2 is 1.88 bits per heavy atom. The molecule has 1 saturated heterocycles. The van der Waals surface area contributed by atoms with E-state index in [1.54, 1.807) is 5.06 Å². The van der Waals surface area contributed by atoms with Gasteiger partial charge in [-0.05, 0) is 0 Å². The minimum absolute atomic E-state index is 0.0325. The number of carbonyl (C=O) groups is 1. The highest BCUT2D eigenvalue weighted by Crippen LogP contribution is 2.21. The van der Waals surface area contributed by atoms with Gasteiger partial charge in [0, 0.05) is 19.5 Å². The van der Waals surface area contributed by atoms with Gasteiger partial charge >= 0.3 is 6.16 Å². The van der Waals surface area contributed by atoms with Crippen LogP contribution in [0.2, 0.25) is 0 Å². The average Bonchev–Trinajstić information content (AvgIpc) is 2.59. The molecule has 5 nitrogen and oxygen atoms in total. The van der Waals surface area contributed by atoms with Gasteiger partial charge in [0.15, 0.2) is 12.2 Å². The maximum Gasteiger partial charge on any atom is 0.509 e. The fraction of sp³-hybridized carbons (Fsp3) is 0.900. The number of hydroxylamine groups is 2. The van der Waals surface area contributed by atoms with Crippen molar-refractivity contribution in [2.24, 2.45) is 0 Å². The van der Waals surface area contributed by atoms with Crippen molar-refractivity contribution >= 4 is 6.16 Å². The normalized spacial score (nSPS) is 24.2. The van der Waals surface area contributed by atoms with E-state index in [0.29, 0.717) is 13.1 Å². The van der Waals surface area contributed by atoms with Gasteiger partial charge in [0.25, 0.3) is 0 Å². The quantitative estimate of drug-likeness (QED) is 0.511. The lowest BCUT2D eigenvalue weighted by atomic mass is 10.1. The van der Waals surface area contributed by atoms with Crippen LogP contribution < -0.4 is 0 Å². The Morgan fingerprint density at radius 3 is 2.41 bits per heavy atom. The minimum Gasteiger partial charge on any atom is -0.427 e. The standard InChI is InChI=1S/C10H17F2NO4/c1-3-13(4-2)15-6-8-7(5-9(11)12)16-10(14)17-8/h7-9H,3-6H2,1-2H3. The molecular formula is C10H17F2NO4. The van der Waals surface area contributed by atoms with Crippen LogP contribution in [0.1, 0.15) is 20.3 Å². The zero-order chi connectivity index (χ0) is 12.8. The highest BCUT2D eigenvalue weighted by Gasteiger charge is 2.38. The number of hydrogen-bond donors (Lipinski definition) is 0. The molecule has 2 atom stereocenters. The molecule has 1 rings (SSSR count). The molecule has 17 heavy (non-hydrogen) atoms. The summed E-state index contributed by atoms with van der Waals surface area (Å²) < 4.78 is 33.9. The highest BCUT2D eigenvalue weighted by atomic mass is 19.3. The van der Waals surface area contributed by atoms with Gasteiger partial charge in [0.05, 0.1) is 0 Å². The molecule has 1 fully saturated rings. The Balaban J connectivity index is 2.41. The fourth-order valence-corrected chi connectivity index (χ4v) is 1.53. The van der Waals surface area contributed by atoms with Gasteiger partial charge in [-0.25, -0.2) is 13.6 Å². The summed E-state index contributed by atoms with van der Waals surface area (Å²) in [6, 6.07) is 0. The second kappa shape index (κ2) is 6.70. The molecule has 7 heteroatoms. The number of cyclic esters (lactones) is 2. The van der Waals surface area contributed by atoms with E-state index >= 15 is 0 Å². The Labute approximate surface area is 98.6 Å². The molecular weight excluding hydrogens is 236 g/mol. The predicted molar refractivity (Wildman–Crippen MR) is 54.6 cm³/mol. The number of ether oxygens (including phenoxy) is 2. The van der Waals surface area contributed by atoms with Gasteiger partial charge in [-0.1, -0.05) is 13.8 Å². The lowest BCUT2D eigenvalue weighted by molar-refractivity contribution is -0.174. The summed E-state index contributed by atoms with van der Waals surface area (Å²) in [6.45, 7) is 5.16. The third-order valence-corrected chi connectivity index (χ3v) is 2.45. The first kappa shape index (κ1) is 14.1. The van der Waals surface area contributed by atoms with Crippen molar-refractivity contribution in [2.75, 3.05) is 19.7 Å². The highest BCUT2D eigenvalue weighted by molar-refractivity contribution is 5.62. The van der Waals surface area contributed by atoms with Crippen LogP contribution in [-0.2, 0) is 14.3 Å². The minimum atomic E-state index is -2.54. The molecule has 1 aliphatic heterocycles. The van der Waals surface area contributed by atoms with Crippen LogP contribution in [0, 0.1) is 0 Å². The van der Waals surface area contributed by atoms with E-state index < -0.39 is 31.2 Å². The molecule has 0 saturated carbocycles. The SMILES string of the molecule is CCN(CC)OCC1OC(=O)OC1CC(F)F. The summed E-state index contributed by atoms with van der Waals surface area (Å²) >= 11 is 0. The molecule has 0 aromatic rings. The van der Waals surface area contributed by atoms with Crippen LogP contribution in [0.3, 0.4) is 0 Å². The van der Waals surface area contributed by atoms with Gasteiger partial charge in [0.2, 0.25) is 6.43 Å². The van der Waals surface area contributed by atoms with Crippen molar-refractivity contribution in [3.05, 3.63) is 0 Å². The van der Waals surface area contributed by atoms with E-state index in [4.69, 9.17) is 9.57 Å². The van der Waals surface area contributed by atoms with Gasteiger partial charge < -0.3 is 9.47 Å². The summed E-state index contributed by atoms with van der Waals surface area (Å²) in [6.07, 6.45) is -5.68. The molecule has 2 unspecified atom stereocenters. The van der Waals surface area contributed by atoms with E-state index in [9.17, 15) is 13.6 Å². The first-order valence-electron chi connectivity index (χ1n) is 5.60. The van der Waals surface area contributed by atoms with Crippen LogP contribution in [-0.4, -0.2) is 49.5 Å². The maximum absolute atomic E-state index is 12.2. The molecule has 0 aromatic carbocycles. The second-order valence-corrected chi connectivity index (χ2v) is 3.60. The largest absolute Gasteiger partial charge is 0.509 e. The number of carbonyl (C=O) groups excluding carboxylic acids is 1. The van der Waals surface area contributed by atoms with Crippen molar-refractivity contribution in [1.29, 1.82) is 0 Å². The molecule has 0 spiro atoms. The van der Waals surface area contributed by atoms with E-state index in [1.807, 2.05) is 13.8 Å². The summed E-state index contributed by atoms with van der Waals surface area (Å²) in [5.74, 6) is 0. The van der Waals surface area contributed by atoms with Crippen LogP contribution in [0.25, 0.3) is 0 Å². The topological polar surface area (TPSA) is 48.0 Å². The van der Waals surface area contributed by atoms with Gasteiger partial charge in [0.1, 0.15) is 6.61 Å². The maximum atomic E-state index is 12.2. The zero-order valence-electron chi connectivity index (χ0n) is 9.90. The van der Waals surface area contributed by atoms with Crippen molar-refractivity contribution in [1.82, 2.24) is 5.06 Å². The zero-order valence-corrected chi connectivity index (χ0v) is 9.90. The van der Waals surface area contributed by atoms with E-state index in [2.05, 4.69) is 4.74 Å². The lowest BCUT2D eigenvalue weighted by Gasteiger charge is -2.21. The molecule has 1 heterocycles. The van der Waals surface area contributed by atoms with Gasteiger partial charge in [-0.3, -0.25) is 4.84 Å². The van der Waals surface area contributed by atoms with Crippen molar-refractivity contribution < 1.29 is 27.9 Å². The van der Waals surface area contributed by atoms with E-state index in [0.717, 1.165) is 0 Å². The molecule has 0 amide bonds. The predicted octanol–water partition coefficient (Wildman–Crippen LogP) is 1.82. The summed E-state index contributed by atoms with van der Waals surface area (Å²) in [4.78, 5) is 16.2. The summed E-state index contributed by atoms with van der Waals surface area (Å²) in [5.41, 5.74) is 0. The van der Waals surface area contributed by atoms with Crippen LogP contribution in [0.5, 0.6) is 0 Å². The fourth-order valence-electron chi connectivity index (χ4n) is 1.53. The first-order chi connectivity index (χ1) is 8.06. The molecule has 0 radical (unpaired) electrons. The van der Waals surface area contributed by atoms with Crippen molar-refractivity contribution in [3.63, 3.8) is 0 Å². The molecule has 0 aromatic heterocycles. The Kier molecular flexibility index (Phi) is 5.57. The van der Waals surface area contributed by atoms with Crippen LogP contribution in [0.4, 0.5) is 13.6 Å². The van der Waals surface area contributed by atoms with Crippen molar-refractivity contribution in [2.45, 2.75) is 38.9 Å². The number of hydrogen-bond acceptors (Lipinski definition) is 5. The Morgan fingerprint density at radius 1 is 1.29 bits per heavy atom. The van der Waals surface area contributed by atoms with Crippen molar-refractivity contribution in [3.8, 4) is 0 Å². The molecule has 0 aliphatic carbocycles. The van der Waals surface area contributed by atoms with E-state index in [1.165, 1.54) is 0 Å². The monoisotopic (exact) mass is 253 g/mol. The summed E-state index contributed by atoms with van der Waals surface area (Å²) in [7, 11) is 0. The summed E-state index contributed by atoms with van der Waals surface area (Å²) in [5, 5.41) is 1.64. The average molecular weight is 253 g/mol. The first-order valence-corrected chi connectivity index (χ1v) is 5.60. The molecule has 100 valence electrons. The van der Waals surface area contributed by atoms with E-state index in [-0.39, 0.29) is 6.61 Å². The Hall–Kier alpha value is -0.950. The number of nitrogens with zero attached hydrogens (tertiary/aromatic N) is 1. The Bertz CT molecular complexity index is 248. The molecule has 0 bridgehead atoms. The molecule has 0 N–H and O–H groups in total. The van der Waals surface area contributed by atoms with Gasteiger partial charge in [-0.2, -0.15) is 5.06 Å². The second-order valence-electron chi connectivity index (χ2n) is 3.60. The van der Waals surface area contributed by atoms with Gasteiger partial charge in [-0.15, -0.1) is 0 Å². The van der Waals surface area contributed by atoms with Crippen LogP contribution in [0.15, 0.2) is 0 Å². The molecule has 1 aliphatic rings. The van der Waals surface area contributed by atoms with Crippen LogP contribution >= 0.6 is 0 Å². The third kappa shape index (κ3) is 4.43.